The Balaban J connectivity index is 1.52. The minimum absolute atomic E-state index is 0.227. The van der Waals surface area contributed by atoms with E-state index in [1.165, 1.54) is 0 Å². The SMILES string of the molecule is CC1(C)OB(c2cnc(NCC3CCCN(C(=O)C(O)CO)C3)nc2)OC1(C)C. The average Bonchev–Trinajstić information content (AvgIpc) is 2.93. The second kappa shape index (κ2) is 8.55. The first kappa shape index (κ1) is 22.0. The number of amides is 1. The molecule has 1 aromatic rings. The van der Waals surface area contributed by atoms with Gasteiger partial charge in [-0.3, -0.25) is 4.79 Å². The number of aliphatic hydroxyl groups is 2. The zero-order valence-corrected chi connectivity index (χ0v) is 17.6. The number of carbonyl (C=O) groups excluding carboxylic acids is 1. The topological polar surface area (TPSA) is 117 Å². The van der Waals surface area contributed by atoms with Crippen LogP contribution in [0.3, 0.4) is 0 Å². The van der Waals surface area contributed by atoms with Crippen molar-refractivity contribution in [1.29, 1.82) is 0 Å². The molecule has 0 aromatic carbocycles. The Labute approximate surface area is 172 Å². The van der Waals surface area contributed by atoms with Crippen molar-refractivity contribution < 1.29 is 24.3 Å². The molecule has 0 radical (unpaired) electrons. The van der Waals surface area contributed by atoms with Crippen molar-refractivity contribution in [2.75, 3.05) is 31.6 Å². The highest BCUT2D eigenvalue weighted by atomic mass is 16.7. The van der Waals surface area contributed by atoms with Gasteiger partial charge in [-0.25, -0.2) is 9.97 Å². The van der Waals surface area contributed by atoms with Gasteiger partial charge >= 0.3 is 7.12 Å². The third-order valence-corrected chi connectivity index (χ3v) is 6.03. The van der Waals surface area contributed by atoms with Crippen LogP contribution in [0.15, 0.2) is 12.4 Å². The first-order valence-electron chi connectivity index (χ1n) is 10.1. The summed E-state index contributed by atoms with van der Waals surface area (Å²) in [5, 5.41) is 21.7. The van der Waals surface area contributed by atoms with Crippen LogP contribution >= 0.6 is 0 Å². The highest BCUT2D eigenvalue weighted by molar-refractivity contribution is 6.61. The predicted octanol–water partition coefficient (Wildman–Crippen LogP) is -0.220. The molecular formula is C19H31BN4O5. The molecule has 9 nitrogen and oxygen atoms in total. The minimum Gasteiger partial charge on any atom is -0.399 e. The van der Waals surface area contributed by atoms with Gasteiger partial charge in [0.1, 0.15) is 0 Å². The van der Waals surface area contributed by atoms with E-state index in [9.17, 15) is 9.90 Å². The summed E-state index contributed by atoms with van der Waals surface area (Å²) in [7, 11) is -0.495. The van der Waals surface area contributed by atoms with E-state index < -0.39 is 36.9 Å². The Hall–Kier alpha value is -1.75. The lowest BCUT2D eigenvalue weighted by atomic mass is 9.81. The van der Waals surface area contributed by atoms with E-state index in [0.29, 0.717) is 25.6 Å². The molecule has 0 saturated carbocycles. The zero-order valence-electron chi connectivity index (χ0n) is 17.6. The summed E-state index contributed by atoms with van der Waals surface area (Å²) in [5.74, 6) is 0.314. The maximum atomic E-state index is 12.1. The van der Waals surface area contributed by atoms with Gasteiger partial charge in [0.25, 0.3) is 5.91 Å². The third-order valence-electron chi connectivity index (χ3n) is 6.03. The number of nitrogens with zero attached hydrogens (tertiary/aromatic N) is 3. The van der Waals surface area contributed by atoms with Gasteiger partial charge in [-0.2, -0.15) is 0 Å². The van der Waals surface area contributed by atoms with Crippen molar-refractivity contribution in [2.24, 2.45) is 5.92 Å². The predicted molar refractivity (Wildman–Crippen MR) is 109 cm³/mol. The van der Waals surface area contributed by atoms with Crippen molar-refractivity contribution in [3.8, 4) is 0 Å². The molecule has 2 aliphatic rings. The van der Waals surface area contributed by atoms with Gasteiger partial charge in [0.05, 0.1) is 17.8 Å². The molecule has 2 saturated heterocycles. The van der Waals surface area contributed by atoms with Crippen LogP contribution in [0.5, 0.6) is 0 Å². The molecule has 29 heavy (non-hydrogen) atoms. The van der Waals surface area contributed by atoms with Crippen molar-refractivity contribution >= 4 is 24.4 Å². The summed E-state index contributed by atoms with van der Waals surface area (Å²) < 4.78 is 12.0. The van der Waals surface area contributed by atoms with Crippen molar-refractivity contribution in [3.05, 3.63) is 12.4 Å². The number of hydrogen-bond acceptors (Lipinski definition) is 8. The van der Waals surface area contributed by atoms with Crippen molar-refractivity contribution in [2.45, 2.75) is 57.8 Å². The van der Waals surface area contributed by atoms with Gasteiger partial charge in [-0.15, -0.1) is 0 Å². The molecule has 10 heteroatoms. The number of hydrogen-bond donors (Lipinski definition) is 3. The summed E-state index contributed by atoms with van der Waals surface area (Å²) >= 11 is 0. The second-order valence-electron chi connectivity index (χ2n) is 8.80. The Morgan fingerprint density at radius 1 is 1.31 bits per heavy atom. The molecule has 3 rings (SSSR count). The largest absolute Gasteiger partial charge is 0.498 e. The van der Waals surface area contributed by atoms with Gasteiger partial charge in [0.2, 0.25) is 5.95 Å². The molecule has 1 aromatic heterocycles. The van der Waals surface area contributed by atoms with Crippen LogP contribution in [0.1, 0.15) is 40.5 Å². The quantitative estimate of drug-likeness (QED) is 0.556. The Kier molecular flexibility index (Phi) is 6.47. The Morgan fingerprint density at radius 3 is 2.52 bits per heavy atom. The molecule has 3 heterocycles. The Morgan fingerprint density at radius 2 is 1.93 bits per heavy atom. The smallest absolute Gasteiger partial charge is 0.399 e. The summed E-state index contributed by atoms with van der Waals surface area (Å²) in [5.41, 5.74) is -0.0630. The van der Waals surface area contributed by atoms with E-state index in [1.807, 2.05) is 27.7 Å². The van der Waals surface area contributed by atoms with Crippen LogP contribution in [0, 0.1) is 5.92 Å². The van der Waals surface area contributed by atoms with E-state index in [-0.39, 0.29) is 5.92 Å². The number of nitrogens with one attached hydrogen (secondary N) is 1. The molecule has 2 atom stereocenters. The average molecular weight is 406 g/mol. The van der Waals surface area contributed by atoms with Crippen LogP contribution in [-0.2, 0) is 14.1 Å². The standard InChI is InChI=1S/C19H31BN4O5/c1-18(2)19(3,4)29-20(28-18)14-9-22-17(23-10-14)21-8-13-6-5-7-24(11-13)16(27)15(26)12-25/h9-10,13,15,25-26H,5-8,11-12H2,1-4H3,(H,21,22,23). The van der Waals surface area contributed by atoms with Gasteiger partial charge < -0.3 is 29.7 Å². The third kappa shape index (κ3) is 4.88. The molecule has 0 bridgehead atoms. The van der Waals surface area contributed by atoms with E-state index in [4.69, 9.17) is 14.4 Å². The highest BCUT2D eigenvalue weighted by Gasteiger charge is 2.51. The molecule has 2 fully saturated rings. The molecular weight excluding hydrogens is 375 g/mol. The van der Waals surface area contributed by atoms with Gasteiger partial charge in [-0.05, 0) is 46.5 Å². The summed E-state index contributed by atoms with van der Waals surface area (Å²) in [6.07, 6.45) is 3.89. The Bertz CT molecular complexity index is 699. The van der Waals surface area contributed by atoms with Gasteiger partial charge in [0.15, 0.2) is 6.10 Å². The van der Waals surface area contributed by atoms with Crippen molar-refractivity contribution in [3.63, 3.8) is 0 Å². The molecule has 160 valence electrons. The lowest BCUT2D eigenvalue weighted by Gasteiger charge is -2.33. The molecule has 2 unspecified atom stereocenters. The van der Waals surface area contributed by atoms with E-state index in [2.05, 4.69) is 15.3 Å². The van der Waals surface area contributed by atoms with Crippen LogP contribution in [0.25, 0.3) is 0 Å². The van der Waals surface area contributed by atoms with Gasteiger partial charge in [-0.1, -0.05) is 0 Å². The van der Waals surface area contributed by atoms with Crippen LogP contribution in [0.2, 0.25) is 0 Å². The van der Waals surface area contributed by atoms with Gasteiger partial charge in [0, 0.05) is 37.5 Å². The summed E-state index contributed by atoms with van der Waals surface area (Å²) in [6, 6.07) is 0. The summed E-state index contributed by atoms with van der Waals surface area (Å²) in [6.45, 7) is 9.21. The second-order valence-corrected chi connectivity index (χ2v) is 8.80. The maximum absolute atomic E-state index is 12.1. The van der Waals surface area contributed by atoms with Crippen LogP contribution < -0.4 is 10.8 Å². The molecule has 0 aliphatic carbocycles. The number of aliphatic hydroxyl groups excluding tert-OH is 2. The first-order chi connectivity index (χ1) is 13.6. The van der Waals surface area contributed by atoms with E-state index >= 15 is 0 Å². The fraction of sp³-hybridized carbons (Fsp3) is 0.737. The highest BCUT2D eigenvalue weighted by Crippen LogP contribution is 2.36. The normalized spacial score (nSPS) is 24.4. The molecule has 2 aliphatic heterocycles. The lowest BCUT2D eigenvalue weighted by Crippen LogP contribution is -2.47. The zero-order chi connectivity index (χ0) is 21.2. The number of rotatable bonds is 6. The maximum Gasteiger partial charge on any atom is 0.498 e. The molecule has 1 amide bonds. The molecule has 3 N–H and O–H groups in total. The number of piperidine rings is 1. The van der Waals surface area contributed by atoms with E-state index in [1.54, 1.807) is 17.3 Å². The monoisotopic (exact) mass is 406 g/mol. The number of carbonyl (C=O) groups is 1. The summed E-state index contributed by atoms with van der Waals surface area (Å²) in [4.78, 5) is 22.4. The number of likely N-dealkylation sites (tertiary alicyclic amines) is 1. The molecule has 0 spiro atoms. The van der Waals surface area contributed by atoms with Crippen LogP contribution in [0.4, 0.5) is 5.95 Å². The van der Waals surface area contributed by atoms with Crippen molar-refractivity contribution in [1.82, 2.24) is 14.9 Å². The fourth-order valence-corrected chi connectivity index (χ4v) is 3.49. The van der Waals surface area contributed by atoms with E-state index in [0.717, 1.165) is 18.3 Å². The fourth-order valence-electron chi connectivity index (χ4n) is 3.49. The lowest BCUT2D eigenvalue weighted by molar-refractivity contribution is -0.143. The van der Waals surface area contributed by atoms with Crippen LogP contribution in [-0.4, -0.2) is 81.7 Å². The minimum atomic E-state index is -1.34. The number of aromatic nitrogens is 2. The number of anilines is 1. The first-order valence-corrected chi connectivity index (χ1v) is 10.1.